The van der Waals surface area contributed by atoms with Gasteiger partial charge in [-0.2, -0.15) is 0 Å². The molecule has 1 heterocycles. The van der Waals surface area contributed by atoms with Gasteiger partial charge in [0.05, 0.1) is 39.0 Å². The zero-order valence-electron chi connectivity index (χ0n) is 23.5. The number of terminal acetylenes is 1. The molecule has 1 fully saturated rings. The molecule has 0 bridgehead atoms. The van der Waals surface area contributed by atoms with Crippen LogP contribution >= 0.6 is 0 Å². The third-order valence-electron chi connectivity index (χ3n) is 5.46. The maximum Gasteiger partial charge on any atom is 0.336 e. The number of rotatable bonds is 13. The Morgan fingerprint density at radius 1 is 1.14 bits per heavy atom. The van der Waals surface area contributed by atoms with E-state index in [0.717, 1.165) is 21.0 Å². The molecule has 0 saturated carbocycles. The molecule has 2 rings (SSSR count). The Kier molecular flexibility index (Phi) is 15.6. The quantitative estimate of drug-likeness (QED) is 0.0973. The number of nitrogens with zero attached hydrogens (tertiary/aromatic N) is 1. The van der Waals surface area contributed by atoms with Gasteiger partial charge >= 0.3 is 5.97 Å². The average Bonchev–Trinajstić information content (AvgIpc) is 2.91. The van der Waals surface area contributed by atoms with Gasteiger partial charge in [0, 0.05) is 49.9 Å². The van der Waals surface area contributed by atoms with Gasteiger partial charge in [-0.3, -0.25) is 19.2 Å². The standard InChI is InChI=1S/C27H33N2O12.Co/c1-6-10-37-11-9-24(34)29(4)14-23(33)28-19-12-18(15-30)7-8-20(19)40-27-22(39-17(3)32)13-21(38-16(2)31)25(41-27)26(35)36-5;/h1,7-8,12-13,21-22,25,27,30H,9-11,14-15H2,2-5H3,(H,28,33);/q-1;/t21-,22?,25?,27-;/m1./s1. The van der Waals surface area contributed by atoms with Crippen molar-refractivity contribution in [1.29, 1.82) is 0 Å². The van der Waals surface area contributed by atoms with Crippen LogP contribution in [0.2, 0.25) is 0 Å². The van der Waals surface area contributed by atoms with Crippen LogP contribution in [0.15, 0.2) is 18.2 Å². The molecule has 1 radical (unpaired) electrons. The van der Waals surface area contributed by atoms with E-state index in [9.17, 15) is 29.1 Å². The largest absolute Gasteiger partial charge is 0.492 e. The molecular formula is C27H33CoN2O12-. The van der Waals surface area contributed by atoms with Gasteiger partial charge in [0.1, 0.15) is 12.4 Å². The van der Waals surface area contributed by atoms with Crippen LogP contribution in [-0.2, 0) is 71.0 Å². The number of aliphatic hydroxyl groups excluding tert-OH is 1. The van der Waals surface area contributed by atoms with Crippen molar-refractivity contribution in [3.05, 3.63) is 30.2 Å². The number of anilines is 1. The Balaban J connectivity index is 0.00000882. The van der Waals surface area contributed by atoms with E-state index in [0.29, 0.717) is 5.56 Å². The number of likely N-dealkylation sites (N-methyl/N-ethyl adjacent to an activating group) is 1. The monoisotopic (exact) mass is 636 g/mol. The van der Waals surface area contributed by atoms with Crippen LogP contribution in [0.5, 0.6) is 5.75 Å². The number of benzene rings is 1. The van der Waals surface area contributed by atoms with Crippen molar-refractivity contribution in [2.75, 3.05) is 39.2 Å². The molecule has 1 aromatic rings. The third-order valence-corrected chi connectivity index (χ3v) is 5.46. The molecule has 0 aromatic heterocycles. The minimum Gasteiger partial charge on any atom is -0.492 e. The molecule has 1 aliphatic rings. The third kappa shape index (κ3) is 11.3. The molecular weight excluding hydrogens is 603 g/mol. The van der Waals surface area contributed by atoms with Crippen molar-refractivity contribution in [2.45, 2.75) is 51.5 Å². The van der Waals surface area contributed by atoms with E-state index in [4.69, 9.17) is 34.8 Å². The maximum atomic E-state index is 12.8. The second-order valence-electron chi connectivity index (χ2n) is 8.70. The van der Waals surface area contributed by atoms with Crippen LogP contribution < -0.4 is 10.1 Å². The first-order chi connectivity index (χ1) is 19.5. The van der Waals surface area contributed by atoms with E-state index in [1.165, 1.54) is 36.6 Å². The van der Waals surface area contributed by atoms with Gasteiger partial charge in [-0.05, 0) is 17.7 Å². The summed E-state index contributed by atoms with van der Waals surface area (Å²) in [7, 11) is 2.55. The molecule has 2 N–H and O–H groups in total. The number of hydrogen-bond donors (Lipinski definition) is 2. The molecule has 4 atom stereocenters. The summed E-state index contributed by atoms with van der Waals surface area (Å²) in [6, 6.07) is 4.34. The SMILES string of the molecule is C#CCOCCC(=O)N(C)CC(=O)Nc1cc(CO)ccc1O[C@@H]1OC(C(=O)OC)[C@H](OC(C)=O)[CH-]C1OC(C)=O.[Co]. The Morgan fingerprint density at radius 2 is 1.81 bits per heavy atom. The zero-order valence-corrected chi connectivity index (χ0v) is 24.5. The van der Waals surface area contributed by atoms with E-state index >= 15 is 0 Å². The molecule has 42 heavy (non-hydrogen) atoms. The van der Waals surface area contributed by atoms with Gasteiger partial charge < -0.3 is 43.7 Å². The number of nitrogens with one attached hydrogen (secondary N) is 1. The molecule has 233 valence electrons. The fourth-order valence-electron chi connectivity index (χ4n) is 3.63. The van der Waals surface area contributed by atoms with Crippen LogP contribution in [0.4, 0.5) is 5.69 Å². The van der Waals surface area contributed by atoms with Gasteiger partial charge in [-0.15, -0.1) is 6.42 Å². The topological polar surface area (TPSA) is 176 Å². The first kappa shape index (κ1) is 36.3. The van der Waals surface area contributed by atoms with E-state index in [-0.39, 0.29) is 66.9 Å². The van der Waals surface area contributed by atoms with Gasteiger partial charge in [-0.1, -0.05) is 12.0 Å². The van der Waals surface area contributed by atoms with Gasteiger partial charge in [0.25, 0.3) is 11.9 Å². The summed E-state index contributed by atoms with van der Waals surface area (Å²) in [6.07, 6.45) is 0.954. The number of esters is 3. The molecule has 0 spiro atoms. The Hall–Kier alpha value is -3.68. The van der Waals surface area contributed by atoms with Gasteiger partial charge in [0.15, 0.2) is 6.10 Å². The van der Waals surface area contributed by atoms with Crippen molar-refractivity contribution in [3.63, 3.8) is 0 Å². The fourth-order valence-corrected chi connectivity index (χ4v) is 3.63. The minimum absolute atomic E-state index is 0. The minimum atomic E-state index is -1.46. The van der Waals surface area contributed by atoms with Crippen LogP contribution in [0, 0.1) is 18.8 Å². The maximum absolute atomic E-state index is 12.8. The number of carbonyl (C=O) groups excluding carboxylic acids is 5. The zero-order chi connectivity index (χ0) is 30.5. The first-order valence-electron chi connectivity index (χ1n) is 12.4. The van der Waals surface area contributed by atoms with Crippen LogP contribution in [0.1, 0.15) is 25.8 Å². The molecule has 1 aromatic carbocycles. The van der Waals surface area contributed by atoms with E-state index < -0.39 is 48.4 Å². The van der Waals surface area contributed by atoms with Crippen LogP contribution in [0.25, 0.3) is 0 Å². The van der Waals surface area contributed by atoms with Crippen molar-refractivity contribution < 1.29 is 74.3 Å². The smallest absolute Gasteiger partial charge is 0.336 e. The number of aliphatic hydroxyl groups is 1. The molecule has 1 saturated heterocycles. The van der Waals surface area contributed by atoms with Crippen molar-refractivity contribution in [1.82, 2.24) is 4.90 Å². The van der Waals surface area contributed by atoms with Crippen molar-refractivity contribution in [3.8, 4) is 18.1 Å². The van der Waals surface area contributed by atoms with Crippen molar-refractivity contribution >= 4 is 35.4 Å². The molecule has 1 aliphatic heterocycles. The Labute approximate surface area is 253 Å². The summed E-state index contributed by atoms with van der Waals surface area (Å²) >= 11 is 0. The summed E-state index contributed by atoms with van der Waals surface area (Å²) in [5, 5.41) is 12.2. The normalized spacial score (nSPS) is 19.2. The molecule has 2 amide bonds. The summed E-state index contributed by atoms with van der Waals surface area (Å²) in [5.41, 5.74) is 0.499. The first-order valence-corrected chi connectivity index (χ1v) is 12.4. The second kappa shape index (κ2) is 18.0. The summed E-state index contributed by atoms with van der Waals surface area (Å²) in [4.78, 5) is 62.0. The average molecular weight is 636 g/mol. The van der Waals surface area contributed by atoms with E-state index in [1.807, 2.05) is 0 Å². The van der Waals surface area contributed by atoms with Crippen molar-refractivity contribution in [2.24, 2.45) is 0 Å². The predicted octanol–water partition coefficient (Wildman–Crippen LogP) is -0.0424. The number of carbonyl (C=O) groups is 5. The van der Waals surface area contributed by atoms with Crippen LogP contribution in [0.3, 0.4) is 0 Å². The molecule has 14 nitrogen and oxygen atoms in total. The number of hydrogen-bond acceptors (Lipinski definition) is 12. The Morgan fingerprint density at radius 3 is 2.40 bits per heavy atom. The van der Waals surface area contributed by atoms with Gasteiger partial charge in [-0.25, -0.2) is 11.2 Å². The summed E-state index contributed by atoms with van der Waals surface area (Å²) in [5.74, 6) is -0.984. The van der Waals surface area contributed by atoms with E-state index in [2.05, 4.69) is 11.2 Å². The molecule has 2 unspecified atom stereocenters. The second-order valence-corrected chi connectivity index (χ2v) is 8.70. The predicted molar refractivity (Wildman–Crippen MR) is 140 cm³/mol. The summed E-state index contributed by atoms with van der Waals surface area (Å²) in [6.45, 7) is 1.73. The molecule has 15 heteroatoms. The fraction of sp³-hybridized carbons (Fsp3) is 0.481. The summed E-state index contributed by atoms with van der Waals surface area (Å²) < 4.78 is 31.9. The van der Waals surface area contributed by atoms with Gasteiger partial charge in [0.2, 0.25) is 18.1 Å². The number of ether oxygens (including phenoxy) is 6. The molecule has 0 aliphatic carbocycles. The Bertz CT molecular complexity index is 1150. The van der Waals surface area contributed by atoms with Crippen LogP contribution in [-0.4, -0.2) is 98.2 Å². The van der Waals surface area contributed by atoms with E-state index in [1.54, 1.807) is 0 Å². The number of amides is 2. The number of methoxy groups -OCH3 is 1.